The summed E-state index contributed by atoms with van der Waals surface area (Å²) in [5, 5.41) is 8.96. The lowest BCUT2D eigenvalue weighted by atomic mass is 10.1. The Kier molecular flexibility index (Phi) is 3.18. The molecule has 0 aliphatic carbocycles. The molecule has 0 atom stereocenters. The Hall–Kier alpha value is -1.00. The normalized spacial score (nSPS) is 11.8. The highest BCUT2D eigenvalue weighted by molar-refractivity contribution is 5.16. The summed E-state index contributed by atoms with van der Waals surface area (Å²) in [5.74, 6) is 0.634. The SMILES string of the molecule is COC(C)(C)c1ncc(CO)c(C)n1. The molecule has 0 saturated heterocycles. The van der Waals surface area contributed by atoms with Crippen molar-refractivity contribution in [3.05, 3.63) is 23.3 Å². The van der Waals surface area contributed by atoms with Crippen molar-refractivity contribution in [2.75, 3.05) is 7.11 Å². The van der Waals surface area contributed by atoms with Gasteiger partial charge in [0, 0.05) is 24.6 Å². The van der Waals surface area contributed by atoms with Crippen molar-refractivity contribution in [3.8, 4) is 0 Å². The van der Waals surface area contributed by atoms with Crippen LogP contribution in [0, 0.1) is 6.92 Å². The highest BCUT2D eigenvalue weighted by atomic mass is 16.5. The molecule has 0 aliphatic rings. The summed E-state index contributed by atoms with van der Waals surface area (Å²) in [4.78, 5) is 8.45. The van der Waals surface area contributed by atoms with Gasteiger partial charge in [-0.2, -0.15) is 0 Å². The molecule has 1 heterocycles. The fourth-order valence-corrected chi connectivity index (χ4v) is 1.03. The van der Waals surface area contributed by atoms with Crippen molar-refractivity contribution in [3.63, 3.8) is 0 Å². The molecule has 0 aromatic carbocycles. The van der Waals surface area contributed by atoms with Crippen molar-refractivity contribution < 1.29 is 9.84 Å². The van der Waals surface area contributed by atoms with Crippen LogP contribution >= 0.6 is 0 Å². The minimum Gasteiger partial charge on any atom is -0.392 e. The molecule has 14 heavy (non-hydrogen) atoms. The van der Waals surface area contributed by atoms with E-state index in [-0.39, 0.29) is 6.61 Å². The zero-order chi connectivity index (χ0) is 10.8. The van der Waals surface area contributed by atoms with E-state index in [0.717, 1.165) is 11.3 Å². The maximum atomic E-state index is 8.96. The summed E-state index contributed by atoms with van der Waals surface area (Å²) >= 11 is 0. The van der Waals surface area contributed by atoms with Gasteiger partial charge in [0.15, 0.2) is 5.82 Å². The molecule has 78 valence electrons. The standard InChI is InChI=1S/C10H16N2O2/c1-7-8(6-13)5-11-9(12-7)10(2,3)14-4/h5,13H,6H2,1-4H3. The highest BCUT2D eigenvalue weighted by Gasteiger charge is 2.23. The van der Waals surface area contributed by atoms with Crippen LogP contribution in [0.2, 0.25) is 0 Å². The Morgan fingerprint density at radius 2 is 2.14 bits per heavy atom. The number of rotatable bonds is 3. The number of nitrogens with zero attached hydrogens (tertiary/aromatic N) is 2. The topological polar surface area (TPSA) is 55.2 Å². The number of aromatic nitrogens is 2. The first-order valence-electron chi connectivity index (χ1n) is 4.50. The first-order chi connectivity index (χ1) is 6.51. The number of hydrogen-bond acceptors (Lipinski definition) is 4. The van der Waals surface area contributed by atoms with Crippen LogP contribution < -0.4 is 0 Å². The molecule has 0 radical (unpaired) electrons. The van der Waals surface area contributed by atoms with Gasteiger partial charge in [-0.3, -0.25) is 0 Å². The van der Waals surface area contributed by atoms with Gasteiger partial charge in [0.25, 0.3) is 0 Å². The molecule has 1 N–H and O–H groups in total. The van der Waals surface area contributed by atoms with E-state index in [2.05, 4.69) is 9.97 Å². The largest absolute Gasteiger partial charge is 0.392 e. The minimum atomic E-state index is -0.487. The number of methoxy groups -OCH3 is 1. The van der Waals surface area contributed by atoms with Crippen molar-refractivity contribution >= 4 is 0 Å². The van der Waals surface area contributed by atoms with E-state index >= 15 is 0 Å². The number of aliphatic hydroxyl groups is 1. The minimum absolute atomic E-state index is 0.0282. The lowest BCUT2D eigenvalue weighted by Crippen LogP contribution is -2.23. The van der Waals surface area contributed by atoms with Gasteiger partial charge in [-0.25, -0.2) is 9.97 Å². The van der Waals surface area contributed by atoms with E-state index in [1.807, 2.05) is 20.8 Å². The smallest absolute Gasteiger partial charge is 0.159 e. The van der Waals surface area contributed by atoms with Crippen LogP contribution in [-0.2, 0) is 16.9 Å². The van der Waals surface area contributed by atoms with Crippen LogP contribution in [-0.4, -0.2) is 22.2 Å². The van der Waals surface area contributed by atoms with Gasteiger partial charge in [0.2, 0.25) is 0 Å². The Morgan fingerprint density at radius 3 is 2.57 bits per heavy atom. The molecule has 4 nitrogen and oxygen atoms in total. The first kappa shape index (κ1) is 11.1. The van der Waals surface area contributed by atoms with Crippen molar-refractivity contribution in [2.45, 2.75) is 33.0 Å². The predicted molar refractivity (Wildman–Crippen MR) is 52.7 cm³/mol. The average Bonchev–Trinajstić information content (AvgIpc) is 2.17. The van der Waals surface area contributed by atoms with Gasteiger partial charge in [-0.1, -0.05) is 0 Å². The molecular weight excluding hydrogens is 180 g/mol. The average molecular weight is 196 g/mol. The Labute approximate surface area is 84.0 Å². The molecule has 0 saturated carbocycles. The number of ether oxygens (including phenoxy) is 1. The van der Waals surface area contributed by atoms with E-state index in [0.29, 0.717) is 5.82 Å². The Bertz CT molecular complexity index is 324. The van der Waals surface area contributed by atoms with Crippen LogP contribution in [0.3, 0.4) is 0 Å². The van der Waals surface area contributed by atoms with E-state index in [1.165, 1.54) is 0 Å². The summed E-state index contributed by atoms with van der Waals surface area (Å²) < 4.78 is 5.26. The monoisotopic (exact) mass is 196 g/mol. The quantitative estimate of drug-likeness (QED) is 0.788. The van der Waals surface area contributed by atoms with Crippen LogP contribution in [0.4, 0.5) is 0 Å². The van der Waals surface area contributed by atoms with Crippen LogP contribution in [0.1, 0.15) is 30.9 Å². The molecule has 0 aliphatic heterocycles. The van der Waals surface area contributed by atoms with Gasteiger partial charge >= 0.3 is 0 Å². The van der Waals surface area contributed by atoms with Gasteiger partial charge in [-0.15, -0.1) is 0 Å². The van der Waals surface area contributed by atoms with Gasteiger partial charge in [-0.05, 0) is 20.8 Å². The lowest BCUT2D eigenvalue weighted by Gasteiger charge is -2.21. The van der Waals surface area contributed by atoms with E-state index in [1.54, 1.807) is 13.3 Å². The summed E-state index contributed by atoms with van der Waals surface area (Å²) in [6.07, 6.45) is 1.64. The third kappa shape index (κ3) is 2.08. The second kappa shape index (κ2) is 4.02. The molecule has 1 aromatic rings. The lowest BCUT2D eigenvalue weighted by molar-refractivity contribution is 0.0112. The van der Waals surface area contributed by atoms with E-state index in [4.69, 9.17) is 9.84 Å². The molecule has 1 rings (SSSR count). The highest BCUT2D eigenvalue weighted by Crippen LogP contribution is 2.20. The van der Waals surface area contributed by atoms with E-state index < -0.39 is 5.60 Å². The Morgan fingerprint density at radius 1 is 1.50 bits per heavy atom. The maximum absolute atomic E-state index is 8.96. The fraction of sp³-hybridized carbons (Fsp3) is 0.600. The second-order valence-corrected chi connectivity index (χ2v) is 3.68. The molecule has 0 amide bonds. The summed E-state index contributed by atoms with van der Waals surface area (Å²) in [5.41, 5.74) is 1.06. The molecular formula is C10H16N2O2. The molecule has 1 aromatic heterocycles. The zero-order valence-corrected chi connectivity index (χ0v) is 9.03. The molecule has 4 heteroatoms. The van der Waals surface area contributed by atoms with Crippen molar-refractivity contribution in [1.29, 1.82) is 0 Å². The maximum Gasteiger partial charge on any atom is 0.159 e. The second-order valence-electron chi connectivity index (χ2n) is 3.68. The van der Waals surface area contributed by atoms with Crippen LogP contribution in [0.15, 0.2) is 6.20 Å². The number of aliphatic hydroxyl groups excluding tert-OH is 1. The van der Waals surface area contributed by atoms with Gasteiger partial charge in [0.1, 0.15) is 5.60 Å². The van der Waals surface area contributed by atoms with Crippen molar-refractivity contribution in [1.82, 2.24) is 9.97 Å². The van der Waals surface area contributed by atoms with Gasteiger partial charge < -0.3 is 9.84 Å². The van der Waals surface area contributed by atoms with E-state index in [9.17, 15) is 0 Å². The summed E-state index contributed by atoms with van der Waals surface area (Å²) in [6.45, 7) is 5.63. The summed E-state index contributed by atoms with van der Waals surface area (Å²) in [6, 6.07) is 0. The van der Waals surface area contributed by atoms with Crippen LogP contribution in [0.5, 0.6) is 0 Å². The summed E-state index contributed by atoms with van der Waals surface area (Å²) in [7, 11) is 1.62. The third-order valence-electron chi connectivity index (χ3n) is 2.30. The predicted octanol–water partition coefficient (Wildman–Crippen LogP) is 1.16. The molecule has 0 unspecified atom stereocenters. The number of hydrogen-bond donors (Lipinski definition) is 1. The van der Waals surface area contributed by atoms with Gasteiger partial charge in [0.05, 0.1) is 6.61 Å². The molecule has 0 bridgehead atoms. The van der Waals surface area contributed by atoms with Crippen molar-refractivity contribution in [2.24, 2.45) is 0 Å². The number of aryl methyl sites for hydroxylation is 1. The molecule has 0 spiro atoms. The third-order valence-corrected chi connectivity index (χ3v) is 2.30. The molecule has 0 fully saturated rings. The van der Waals surface area contributed by atoms with Crippen LogP contribution in [0.25, 0.3) is 0 Å². The first-order valence-corrected chi connectivity index (χ1v) is 4.50. The zero-order valence-electron chi connectivity index (χ0n) is 9.03. The Balaban J connectivity index is 3.08. The fourth-order valence-electron chi connectivity index (χ4n) is 1.03.